The number of nitrogens with zero attached hydrogens (tertiary/aromatic N) is 2. The molecular formula is C11H19N3O2S2. The minimum atomic E-state index is -2.83. The molecule has 7 heteroatoms. The van der Waals surface area contributed by atoms with Gasteiger partial charge in [0.05, 0.1) is 17.2 Å². The molecule has 2 heterocycles. The zero-order valence-corrected chi connectivity index (χ0v) is 12.4. The van der Waals surface area contributed by atoms with Gasteiger partial charge in [0.15, 0.2) is 15.0 Å². The van der Waals surface area contributed by atoms with Crippen LogP contribution >= 0.6 is 11.3 Å². The first-order valence-electron chi connectivity index (χ1n) is 6.10. The van der Waals surface area contributed by atoms with E-state index < -0.39 is 9.84 Å². The zero-order valence-electron chi connectivity index (χ0n) is 10.7. The van der Waals surface area contributed by atoms with Crippen LogP contribution in [-0.2, 0) is 16.4 Å². The van der Waals surface area contributed by atoms with Crippen molar-refractivity contribution in [2.75, 3.05) is 30.0 Å². The Morgan fingerprint density at radius 2 is 2.39 bits per heavy atom. The lowest BCUT2D eigenvalue weighted by atomic mass is 10.2. The summed E-state index contributed by atoms with van der Waals surface area (Å²) in [4.78, 5) is 6.53. The Bertz CT molecular complexity index is 498. The Balaban J connectivity index is 2.01. The molecule has 0 aromatic carbocycles. The average Bonchev–Trinajstić information content (AvgIpc) is 2.92. The van der Waals surface area contributed by atoms with Gasteiger partial charge in [0, 0.05) is 25.0 Å². The highest BCUT2D eigenvalue weighted by Gasteiger charge is 2.31. The van der Waals surface area contributed by atoms with Gasteiger partial charge in [-0.25, -0.2) is 13.4 Å². The number of hydrogen-bond donors (Lipinski definition) is 1. The van der Waals surface area contributed by atoms with Crippen molar-refractivity contribution in [2.24, 2.45) is 0 Å². The van der Waals surface area contributed by atoms with Crippen LogP contribution in [0.1, 0.15) is 19.0 Å². The van der Waals surface area contributed by atoms with Crippen molar-refractivity contribution in [3.05, 3.63) is 11.1 Å². The van der Waals surface area contributed by atoms with E-state index in [1.807, 2.05) is 17.3 Å². The van der Waals surface area contributed by atoms with E-state index in [1.165, 1.54) is 0 Å². The Labute approximate surface area is 112 Å². The summed E-state index contributed by atoms with van der Waals surface area (Å²) < 4.78 is 22.9. The second kappa shape index (κ2) is 5.54. The Hall–Kier alpha value is -0.660. The Morgan fingerprint density at radius 1 is 1.61 bits per heavy atom. The van der Waals surface area contributed by atoms with Crippen molar-refractivity contribution in [3.8, 4) is 0 Å². The number of sulfone groups is 1. The first-order valence-corrected chi connectivity index (χ1v) is 8.80. The van der Waals surface area contributed by atoms with Crippen molar-refractivity contribution < 1.29 is 8.42 Å². The van der Waals surface area contributed by atoms with Gasteiger partial charge >= 0.3 is 0 Å². The summed E-state index contributed by atoms with van der Waals surface area (Å²) in [5, 5.41) is 6.16. The maximum atomic E-state index is 11.5. The topological polar surface area (TPSA) is 62.3 Å². The third kappa shape index (κ3) is 3.21. The van der Waals surface area contributed by atoms with Crippen LogP contribution in [-0.4, -0.2) is 44.5 Å². The molecule has 0 saturated carbocycles. The zero-order chi connectivity index (χ0) is 13.2. The molecule has 1 atom stereocenters. The maximum absolute atomic E-state index is 11.5. The number of anilines is 1. The van der Waals surface area contributed by atoms with E-state index in [0.29, 0.717) is 12.2 Å². The van der Waals surface area contributed by atoms with Crippen molar-refractivity contribution in [2.45, 2.75) is 25.9 Å². The standard InChI is InChI=1S/C11H19N3O2S2/c1-3-12-6-9-7-17-11(13-9)14(2)10-4-5-18(15,16)8-10/h7,10,12H,3-6,8H2,1-2H3. The van der Waals surface area contributed by atoms with Crippen LogP contribution in [0.15, 0.2) is 5.38 Å². The maximum Gasteiger partial charge on any atom is 0.185 e. The van der Waals surface area contributed by atoms with Crippen LogP contribution in [0.3, 0.4) is 0 Å². The predicted octanol–water partition coefficient (Wildman–Crippen LogP) is 0.876. The van der Waals surface area contributed by atoms with E-state index in [0.717, 1.165) is 23.9 Å². The molecule has 102 valence electrons. The molecule has 1 aliphatic rings. The molecule has 2 rings (SSSR count). The molecule has 1 N–H and O–H groups in total. The SMILES string of the molecule is CCNCc1csc(N(C)C2CCS(=O)(=O)C2)n1. The minimum absolute atomic E-state index is 0.0770. The van der Waals surface area contributed by atoms with Crippen LogP contribution in [0, 0.1) is 0 Å². The molecule has 1 aliphatic heterocycles. The summed E-state index contributed by atoms with van der Waals surface area (Å²) in [6.45, 7) is 3.75. The van der Waals surface area contributed by atoms with E-state index in [2.05, 4.69) is 17.2 Å². The van der Waals surface area contributed by atoms with Gasteiger partial charge in [-0.15, -0.1) is 11.3 Å². The van der Waals surface area contributed by atoms with Crippen molar-refractivity contribution in [1.29, 1.82) is 0 Å². The van der Waals surface area contributed by atoms with Crippen LogP contribution in [0.5, 0.6) is 0 Å². The van der Waals surface area contributed by atoms with Gasteiger partial charge in [-0.3, -0.25) is 0 Å². The molecule has 0 aliphatic carbocycles. The summed E-state index contributed by atoms with van der Waals surface area (Å²) in [6.07, 6.45) is 0.709. The highest BCUT2D eigenvalue weighted by Crippen LogP contribution is 2.25. The lowest BCUT2D eigenvalue weighted by Crippen LogP contribution is -2.32. The monoisotopic (exact) mass is 289 g/mol. The third-order valence-corrected chi connectivity index (χ3v) is 5.88. The van der Waals surface area contributed by atoms with Crippen LogP contribution < -0.4 is 10.2 Å². The highest BCUT2D eigenvalue weighted by atomic mass is 32.2. The van der Waals surface area contributed by atoms with Crippen LogP contribution in [0.4, 0.5) is 5.13 Å². The lowest BCUT2D eigenvalue weighted by molar-refractivity contribution is 0.600. The minimum Gasteiger partial charge on any atom is -0.347 e. The second-order valence-corrected chi connectivity index (χ2v) is 7.63. The fourth-order valence-corrected chi connectivity index (χ4v) is 4.67. The molecule has 0 radical (unpaired) electrons. The number of hydrogen-bond acceptors (Lipinski definition) is 6. The number of rotatable bonds is 5. The van der Waals surface area contributed by atoms with E-state index in [4.69, 9.17) is 0 Å². The number of thiazole rings is 1. The molecule has 0 bridgehead atoms. The molecule has 1 fully saturated rings. The highest BCUT2D eigenvalue weighted by molar-refractivity contribution is 7.91. The van der Waals surface area contributed by atoms with Gasteiger partial charge in [-0.1, -0.05) is 6.92 Å². The quantitative estimate of drug-likeness (QED) is 0.872. The summed E-state index contributed by atoms with van der Waals surface area (Å²) >= 11 is 1.58. The molecule has 1 saturated heterocycles. The van der Waals surface area contributed by atoms with Crippen molar-refractivity contribution in [1.82, 2.24) is 10.3 Å². The molecule has 5 nitrogen and oxygen atoms in total. The summed E-state index contributed by atoms with van der Waals surface area (Å²) in [6, 6.07) is 0.0770. The fraction of sp³-hybridized carbons (Fsp3) is 0.727. The van der Waals surface area contributed by atoms with Gasteiger partial charge in [0.2, 0.25) is 0 Å². The first kappa shape index (κ1) is 13.8. The lowest BCUT2D eigenvalue weighted by Gasteiger charge is -2.22. The predicted molar refractivity (Wildman–Crippen MR) is 75.0 cm³/mol. The third-order valence-electron chi connectivity index (χ3n) is 3.15. The van der Waals surface area contributed by atoms with Gasteiger partial charge in [-0.05, 0) is 13.0 Å². The summed E-state index contributed by atoms with van der Waals surface area (Å²) in [5.41, 5.74) is 1.02. The van der Waals surface area contributed by atoms with Gasteiger partial charge in [0.1, 0.15) is 0 Å². The molecule has 18 heavy (non-hydrogen) atoms. The van der Waals surface area contributed by atoms with Crippen molar-refractivity contribution >= 4 is 26.3 Å². The second-order valence-electron chi connectivity index (χ2n) is 4.57. The van der Waals surface area contributed by atoms with Gasteiger partial charge < -0.3 is 10.2 Å². The summed E-state index contributed by atoms with van der Waals surface area (Å²) in [5.74, 6) is 0.559. The van der Waals surface area contributed by atoms with Crippen molar-refractivity contribution in [3.63, 3.8) is 0 Å². The summed E-state index contributed by atoms with van der Waals surface area (Å²) in [7, 11) is -0.901. The van der Waals surface area contributed by atoms with Crippen LogP contribution in [0.25, 0.3) is 0 Å². The molecule has 0 amide bonds. The fourth-order valence-electron chi connectivity index (χ4n) is 2.03. The normalized spacial score (nSPS) is 22.2. The Kier molecular flexibility index (Phi) is 4.24. The van der Waals surface area contributed by atoms with Gasteiger partial charge in [-0.2, -0.15) is 0 Å². The average molecular weight is 289 g/mol. The molecule has 1 aromatic rings. The van der Waals surface area contributed by atoms with E-state index in [-0.39, 0.29) is 11.8 Å². The smallest absolute Gasteiger partial charge is 0.185 e. The van der Waals surface area contributed by atoms with Gasteiger partial charge in [0.25, 0.3) is 0 Å². The Morgan fingerprint density at radius 3 is 3.00 bits per heavy atom. The number of nitrogens with one attached hydrogen (secondary N) is 1. The number of aromatic nitrogens is 1. The largest absolute Gasteiger partial charge is 0.347 e. The van der Waals surface area contributed by atoms with Crippen LogP contribution in [0.2, 0.25) is 0 Å². The molecule has 1 aromatic heterocycles. The van der Waals surface area contributed by atoms with E-state index in [9.17, 15) is 8.42 Å². The molecule has 0 spiro atoms. The van der Waals surface area contributed by atoms with E-state index >= 15 is 0 Å². The molecular weight excluding hydrogens is 270 g/mol. The first-order chi connectivity index (χ1) is 8.52. The van der Waals surface area contributed by atoms with E-state index in [1.54, 1.807) is 11.3 Å². The molecule has 1 unspecified atom stereocenters.